The van der Waals surface area contributed by atoms with Crippen LogP contribution in [-0.4, -0.2) is 31.1 Å². The number of rotatable bonds is 3. The van der Waals surface area contributed by atoms with Gasteiger partial charge >= 0.3 is 6.03 Å². The molecule has 1 fully saturated rings. The van der Waals surface area contributed by atoms with Gasteiger partial charge in [-0.15, -0.1) is 0 Å². The number of nitrogens with one attached hydrogen (secondary N) is 3. The van der Waals surface area contributed by atoms with Crippen LogP contribution >= 0.6 is 0 Å². The highest BCUT2D eigenvalue weighted by Crippen LogP contribution is 2.37. The van der Waals surface area contributed by atoms with Crippen molar-refractivity contribution in [2.45, 2.75) is 52.1 Å². The lowest BCUT2D eigenvalue weighted by atomic mass is 9.87. The molecule has 0 aliphatic heterocycles. The average Bonchev–Trinajstić information content (AvgIpc) is 2.58. The topological polar surface area (TPSA) is 70.2 Å². The molecule has 17 heavy (non-hydrogen) atoms. The van der Waals surface area contributed by atoms with Crippen LogP contribution in [0.5, 0.6) is 0 Å². The zero-order valence-corrected chi connectivity index (χ0v) is 11.1. The van der Waals surface area contributed by atoms with Crippen LogP contribution in [0.1, 0.15) is 40.0 Å². The molecular formula is C12H23N3O2. The molecule has 0 heterocycles. The van der Waals surface area contributed by atoms with E-state index in [1.54, 1.807) is 6.92 Å². The highest BCUT2D eigenvalue weighted by atomic mass is 16.2. The molecule has 1 aliphatic carbocycles. The Balaban J connectivity index is 2.46. The predicted molar refractivity (Wildman–Crippen MR) is 66.6 cm³/mol. The number of imide groups is 1. The van der Waals surface area contributed by atoms with Crippen molar-refractivity contribution >= 4 is 11.9 Å². The lowest BCUT2D eigenvalue weighted by molar-refractivity contribution is -0.122. The minimum Gasteiger partial charge on any atom is -0.341 e. The Bertz CT molecular complexity index is 302. The Kier molecular flexibility index (Phi) is 4.51. The van der Waals surface area contributed by atoms with E-state index >= 15 is 0 Å². The normalized spacial score (nSPS) is 24.1. The molecule has 1 rings (SSSR count). The number of urea groups is 1. The molecule has 3 amide bonds. The van der Waals surface area contributed by atoms with Crippen LogP contribution in [0.4, 0.5) is 4.79 Å². The number of hydrogen-bond acceptors (Lipinski definition) is 3. The summed E-state index contributed by atoms with van der Waals surface area (Å²) in [6.07, 6.45) is 3.45. The molecule has 3 N–H and O–H groups in total. The maximum atomic E-state index is 11.7. The summed E-state index contributed by atoms with van der Waals surface area (Å²) in [4.78, 5) is 22.7. The molecular weight excluding hydrogens is 218 g/mol. The van der Waals surface area contributed by atoms with Crippen molar-refractivity contribution < 1.29 is 9.59 Å². The van der Waals surface area contributed by atoms with E-state index in [1.807, 2.05) is 0 Å². The van der Waals surface area contributed by atoms with E-state index < -0.39 is 6.03 Å². The number of carbonyl (C=O) groups is 2. The summed E-state index contributed by atoms with van der Waals surface area (Å²) < 4.78 is 0. The van der Waals surface area contributed by atoms with Crippen molar-refractivity contribution in [1.29, 1.82) is 0 Å². The summed E-state index contributed by atoms with van der Waals surface area (Å²) in [6.45, 7) is 6.20. The molecule has 0 spiro atoms. The standard InChI is InChI=1S/C12H23N3O2/c1-8(10(16)15-11(17)13-4)14-9-6-5-7-12(9,2)3/h8-9,14H,5-7H2,1-4H3,(H2,13,15,16,17). The summed E-state index contributed by atoms with van der Waals surface area (Å²) in [5.74, 6) is -0.285. The van der Waals surface area contributed by atoms with Crippen molar-refractivity contribution in [1.82, 2.24) is 16.0 Å². The molecule has 2 unspecified atom stereocenters. The van der Waals surface area contributed by atoms with Crippen molar-refractivity contribution in [2.24, 2.45) is 5.41 Å². The second kappa shape index (κ2) is 5.49. The fourth-order valence-electron chi connectivity index (χ4n) is 2.30. The van der Waals surface area contributed by atoms with Gasteiger partial charge in [-0.25, -0.2) is 4.79 Å². The van der Waals surface area contributed by atoms with Gasteiger partial charge in [-0.3, -0.25) is 10.1 Å². The molecule has 0 bridgehead atoms. The first-order valence-corrected chi connectivity index (χ1v) is 6.15. The Morgan fingerprint density at radius 3 is 2.47 bits per heavy atom. The van der Waals surface area contributed by atoms with Gasteiger partial charge in [0, 0.05) is 13.1 Å². The molecule has 0 aromatic heterocycles. The molecule has 98 valence electrons. The fourth-order valence-corrected chi connectivity index (χ4v) is 2.30. The second-order valence-corrected chi connectivity index (χ2v) is 5.39. The van der Waals surface area contributed by atoms with Crippen LogP contribution in [0.15, 0.2) is 0 Å². The van der Waals surface area contributed by atoms with Crippen LogP contribution in [0.3, 0.4) is 0 Å². The highest BCUT2D eigenvalue weighted by molar-refractivity contribution is 5.96. The summed E-state index contributed by atoms with van der Waals surface area (Å²) in [5.41, 5.74) is 0.224. The molecule has 1 aliphatic rings. The SMILES string of the molecule is CNC(=O)NC(=O)C(C)NC1CCCC1(C)C. The first-order chi connectivity index (χ1) is 7.86. The van der Waals surface area contributed by atoms with Crippen LogP contribution in [0, 0.1) is 5.41 Å². The number of carbonyl (C=O) groups excluding carboxylic acids is 2. The molecule has 5 nitrogen and oxygen atoms in total. The van der Waals surface area contributed by atoms with Gasteiger partial charge in [-0.1, -0.05) is 20.3 Å². The van der Waals surface area contributed by atoms with Crippen LogP contribution < -0.4 is 16.0 Å². The minimum absolute atomic E-state index is 0.224. The van der Waals surface area contributed by atoms with Crippen LogP contribution in [0.2, 0.25) is 0 Å². The van der Waals surface area contributed by atoms with Gasteiger partial charge in [0.2, 0.25) is 5.91 Å². The van der Waals surface area contributed by atoms with Gasteiger partial charge in [0.25, 0.3) is 0 Å². The molecule has 2 atom stereocenters. The molecule has 0 aromatic rings. The van der Waals surface area contributed by atoms with E-state index in [1.165, 1.54) is 19.9 Å². The lowest BCUT2D eigenvalue weighted by Crippen LogP contribution is -2.52. The van der Waals surface area contributed by atoms with E-state index in [0.29, 0.717) is 6.04 Å². The van der Waals surface area contributed by atoms with Crippen molar-refractivity contribution in [3.05, 3.63) is 0 Å². The summed E-state index contributed by atoms with van der Waals surface area (Å²) >= 11 is 0. The Morgan fingerprint density at radius 1 is 1.35 bits per heavy atom. The first-order valence-electron chi connectivity index (χ1n) is 6.15. The number of amides is 3. The molecule has 0 aromatic carbocycles. The molecule has 0 radical (unpaired) electrons. The third-order valence-corrected chi connectivity index (χ3v) is 3.57. The van der Waals surface area contributed by atoms with Crippen LogP contribution in [-0.2, 0) is 4.79 Å². The third kappa shape index (κ3) is 3.70. The van der Waals surface area contributed by atoms with Crippen molar-refractivity contribution in [2.75, 3.05) is 7.05 Å². The van der Waals surface area contributed by atoms with Crippen LogP contribution in [0.25, 0.3) is 0 Å². The smallest absolute Gasteiger partial charge is 0.321 e. The quantitative estimate of drug-likeness (QED) is 0.690. The van der Waals surface area contributed by atoms with Crippen molar-refractivity contribution in [3.63, 3.8) is 0 Å². The zero-order valence-electron chi connectivity index (χ0n) is 11.1. The maximum absolute atomic E-state index is 11.7. The van der Waals surface area contributed by atoms with E-state index in [2.05, 4.69) is 29.8 Å². The molecule has 5 heteroatoms. The average molecular weight is 241 g/mol. The Morgan fingerprint density at radius 2 is 2.00 bits per heavy atom. The minimum atomic E-state index is -0.464. The van der Waals surface area contributed by atoms with Gasteiger partial charge in [0.15, 0.2) is 0 Å². The Hall–Kier alpha value is -1.10. The van der Waals surface area contributed by atoms with Crippen molar-refractivity contribution in [3.8, 4) is 0 Å². The zero-order chi connectivity index (χ0) is 13.1. The molecule has 0 saturated heterocycles. The number of hydrogen-bond donors (Lipinski definition) is 3. The van der Waals surface area contributed by atoms with Gasteiger partial charge in [0.05, 0.1) is 6.04 Å². The fraction of sp³-hybridized carbons (Fsp3) is 0.833. The monoisotopic (exact) mass is 241 g/mol. The van der Waals surface area contributed by atoms with Gasteiger partial charge in [0.1, 0.15) is 0 Å². The third-order valence-electron chi connectivity index (χ3n) is 3.57. The second-order valence-electron chi connectivity index (χ2n) is 5.39. The summed E-state index contributed by atoms with van der Waals surface area (Å²) in [6, 6.07) is -0.475. The van der Waals surface area contributed by atoms with Gasteiger partial charge in [-0.2, -0.15) is 0 Å². The lowest BCUT2D eigenvalue weighted by Gasteiger charge is -2.30. The van der Waals surface area contributed by atoms with E-state index in [4.69, 9.17) is 0 Å². The van der Waals surface area contributed by atoms with E-state index in [-0.39, 0.29) is 17.4 Å². The Labute approximate surface area is 103 Å². The van der Waals surface area contributed by atoms with E-state index in [9.17, 15) is 9.59 Å². The molecule has 1 saturated carbocycles. The van der Waals surface area contributed by atoms with E-state index in [0.717, 1.165) is 6.42 Å². The first kappa shape index (κ1) is 14.0. The largest absolute Gasteiger partial charge is 0.341 e. The van der Waals surface area contributed by atoms with Gasteiger partial charge in [-0.05, 0) is 25.2 Å². The highest BCUT2D eigenvalue weighted by Gasteiger charge is 2.35. The van der Waals surface area contributed by atoms with Gasteiger partial charge < -0.3 is 10.6 Å². The maximum Gasteiger partial charge on any atom is 0.321 e. The predicted octanol–water partition coefficient (Wildman–Crippen LogP) is 0.999. The summed E-state index contributed by atoms with van der Waals surface area (Å²) in [7, 11) is 1.49. The summed E-state index contributed by atoms with van der Waals surface area (Å²) in [5, 5.41) is 7.95.